The Morgan fingerprint density at radius 3 is 2.10 bits per heavy atom. The molecule has 0 amide bonds. The SMILES string of the molecule is S=C(Nc1ccc(Nc2ccccc2)cc1)NC1CC1. The number of hydrogen-bond donors (Lipinski definition) is 3. The van der Waals surface area contributed by atoms with Gasteiger partial charge in [0.25, 0.3) is 0 Å². The van der Waals surface area contributed by atoms with E-state index in [0.717, 1.165) is 17.1 Å². The molecule has 1 aliphatic rings. The molecule has 0 atom stereocenters. The molecule has 3 nitrogen and oxygen atoms in total. The molecule has 1 saturated carbocycles. The highest BCUT2D eigenvalue weighted by molar-refractivity contribution is 7.80. The van der Waals surface area contributed by atoms with E-state index >= 15 is 0 Å². The van der Waals surface area contributed by atoms with E-state index in [9.17, 15) is 0 Å². The third-order valence-electron chi connectivity index (χ3n) is 3.12. The summed E-state index contributed by atoms with van der Waals surface area (Å²) >= 11 is 5.25. The highest BCUT2D eigenvalue weighted by Crippen LogP contribution is 2.20. The molecule has 0 unspecified atom stereocenters. The minimum absolute atomic E-state index is 0.578. The van der Waals surface area contributed by atoms with Crippen molar-refractivity contribution in [3.63, 3.8) is 0 Å². The Labute approximate surface area is 124 Å². The Morgan fingerprint density at radius 1 is 0.850 bits per heavy atom. The normalized spacial score (nSPS) is 13.6. The summed E-state index contributed by atoms with van der Waals surface area (Å²) in [6.45, 7) is 0. The summed E-state index contributed by atoms with van der Waals surface area (Å²) < 4.78 is 0. The lowest BCUT2D eigenvalue weighted by molar-refractivity contribution is 0.919. The van der Waals surface area contributed by atoms with E-state index in [1.54, 1.807) is 0 Å². The van der Waals surface area contributed by atoms with E-state index in [-0.39, 0.29) is 0 Å². The molecule has 0 radical (unpaired) electrons. The van der Waals surface area contributed by atoms with Crippen LogP contribution in [0.4, 0.5) is 17.1 Å². The Bertz CT molecular complexity index is 576. The van der Waals surface area contributed by atoms with Crippen molar-refractivity contribution in [3.05, 3.63) is 54.6 Å². The van der Waals surface area contributed by atoms with Crippen LogP contribution in [0.5, 0.6) is 0 Å². The minimum atomic E-state index is 0.578. The quantitative estimate of drug-likeness (QED) is 0.744. The average molecular weight is 283 g/mol. The molecule has 0 spiro atoms. The van der Waals surface area contributed by atoms with Gasteiger partial charge in [0.05, 0.1) is 0 Å². The highest BCUT2D eigenvalue weighted by atomic mass is 32.1. The third kappa shape index (κ3) is 3.71. The fraction of sp³-hybridized carbons (Fsp3) is 0.188. The van der Waals surface area contributed by atoms with Gasteiger partial charge in [-0.3, -0.25) is 0 Å². The zero-order chi connectivity index (χ0) is 13.8. The van der Waals surface area contributed by atoms with Crippen molar-refractivity contribution in [3.8, 4) is 0 Å². The summed E-state index contributed by atoms with van der Waals surface area (Å²) in [6.07, 6.45) is 2.45. The van der Waals surface area contributed by atoms with Crippen LogP contribution < -0.4 is 16.0 Å². The molecule has 0 aromatic heterocycles. The first-order valence-corrected chi connectivity index (χ1v) is 7.20. The van der Waals surface area contributed by atoms with Gasteiger partial charge in [-0.25, -0.2) is 0 Å². The van der Waals surface area contributed by atoms with Gasteiger partial charge in [0, 0.05) is 23.1 Å². The van der Waals surface area contributed by atoms with E-state index in [4.69, 9.17) is 12.2 Å². The Hall–Kier alpha value is -2.07. The number of nitrogens with one attached hydrogen (secondary N) is 3. The van der Waals surface area contributed by atoms with E-state index < -0.39 is 0 Å². The topological polar surface area (TPSA) is 36.1 Å². The van der Waals surface area contributed by atoms with Crippen LogP contribution >= 0.6 is 12.2 Å². The third-order valence-corrected chi connectivity index (χ3v) is 3.34. The first kappa shape index (κ1) is 12.9. The summed E-state index contributed by atoms with van der Waals surface area (Å²) in [5.41, 5.74) is 3.14. The van der Waals surface area contributed by atoms with Crippen LogP contribution in [0.15, 0.2) is 54.6 Å². The van der Waals surface area contributed by atoms with E-state index in [1.807, 2.05) is 54.6 Å². The van der Waals surface area contributed by atoms with Crippen molar-refractivity contribution >= 4 is 34.4 Å². The van der Waals surface area contributed by atoms with Crippen LogP contribution in [0.3, 0.4) is 0 Å². The van der Waals surface area contributed by atoms with Gasteiger partial charge in [0.2, 0.25) is 0 Å². The van der Waals surface area contributed by atoms with Crippen molar-refractivity contribution in [2.24, 2.45) is 0 Å². The van der Waals surface area contributed by atoms with Crippen LogP contribution in [0.1, 0.15) is 12.8 Å². The molecule has 0 heterocycles. The zero-order valence-electron chi connectivity index (χ0n) is 11.1. The first-order valence-electron chi connectivity index (χ1n) is 6.79. The molecule has 102 valence electrons. The standard InChI is InChI=1S/C16H17N3S/c20-16(19-15-10-11-15)18-14-8-6-13(7-9-14)17-12-4-2-1-3-5-12/h1-9,15,17H,10-11H2,(H2,18,19,20). The molecule has 1 aliphatic carbocycles. The van der Waals surface area contributed by atoms with Gasteiger partial charge in [-0.2, -0.15) is 0 Å². The van der Waals surface area contributed by atoms with Gasteiger partial charge >= 0.3 is 0 Å². The van der Waals surface area contributed by atoms with E-state index in [2.05, 4.69) is 16.0 Å². The Morgan fingerprint density at radius 2 is 1.45 bits per heavy atom. The number of anilines is 3. The second kappa shape index (κ2) is 5.92. The van der Waals surface area contributed by atoms with Crippen LogP contribution in [0.2, 0.25) is 0 Å². The molecule has 20 heavy (non-hydrogen) atoms. The summed E-state index contributed by atoms with van der Waals surface area (Å²) in [5.74, 6) is 0. The number of hydrogen-bond acceptors (Lipinski definition) is 2. The number of rotatable bonds is 4. The molecule has 1 fully saturated rings. The molecular formula is C16H17N3S. The molecule has 0 aliphatic heterocycles. The van der Waals surface area contributed by atoms with Gasteiger partial charge < -0.3 is 16.0 Å². The van der Waals surface area contributed by atoms with Crippen LogP contribution in [0, 0.1) is 0 Å². The summed E-state index contributed by atoms with van der Waals surface area (Å²) in [6, 6.07) is 18.8. The van der Waals surface area contributed by atoms with Gasteiger partial charge in [0.15, 0.2) is 5.11 Å². The fourth-order valence-electron chi connectivity index (χ4n) is 1.91. The monoisotopic (exact) mass is 283 g/mol. The second-order valence-corrected chi connectivity index (χ2v) is 5.35. The van der Waals surface area contributed by atoms with Crippen molar-refractivity contribution in [2.45, 2.75) is 18.9 Å². The first-order chi connectivity index (χ1) is 9.79. The number of thiocarbonyl (C=S) groups is 1. The van der Waals surface area contributed by atoms with Gasteiger partial charge in [-0.15, -0.1) is 0 Å². The van der Waals surface area contributed by atoms with E-state index in [1.165, 1.54) is 12.8 Å². The average Bonchev–Trinajstić information content (AvgIpc) is 3.26. The lowest BCUT2D eigenvalue weighted by atomic mass is 10.2. The maximum absolute atomic E-state index is 5.25. The van der Waals surface area contributed by atoms with E-state index in [0.29, 0.717) is 11.2 Å². The second-order valence-electron chi connectivity index (χ2n) is 4.94. The molecule has 0 bridgehead atoms. The van der Waals surface area contributed by atoms with Crippen molar-refractivity contribution in [2.75, 3.05) is 10.6 Å². The Kier molecular flexibility index (Phi) is 3.83. The molecule has 4 heteroatoms. The van der Waals surface area contributed by atoms with Gasteiger partial charge in [-0.1, -0.05) is 18.2 Å². The maximum Gasteiger partial charge on any atom is 0.170 e. The summed E-state index contributed by atoms with van der Waals surface area (Å²) in [4.78, 5) is 0. The van der Waals surface area contributed by atoms with Crippen LogP contribution in [0.25, 0.3) is 0 Å². The van der Waals surface area contributed by atoms with Gasteiger partial charge in [0.1, 0.15) is 0 Å². The molecule has 2 aromatic rings. The zero-order valence-corrected chi connectivity index (χ0v) is 11.9. The predicted molar refractivity (Wildman–Crippen MR) is 88.5 cm³/mol. The van der Waals surface area contributed by atoms with Crippen LogP contribution in [-0.2, 0) is 0 Å². The minimum Gasteiger partial charge on any atom is -0.360 e. The molecule has 3 N–H and O–H groups in total. The highest BCUT2D eigenvalue weighted by Gasteiger charge is 2.21. The molecule has 3 rings (SSSR count). The summed E-state index contributed by atoms with van der Waals surface area (Å²) in [7, 11) is 0. The predicted octanol–water partition coefficient (Wildman–Crippen LogP) is 3.88. The molecule has 2 aromatic carbocycles. The van der Waals surface area contributed by atoms with Gasteiger partial charge in [-0.05, 0) is 61.5 Å². The Balaban J connectivity index is 1.57. The summed E-state index contributed by atoms with van der Waals surface area (Å²) in [5, 5.41) is 10.5. The molecular weight excluding hydrogens is 266 g/mol. The lowest BCUT2D eigenvalue weighted by Gasteiger charge is -2.11. The number of para-hydroxylation sites is 1. The lowest BCUT2D eigenvalue weighted by Crippen LogP contribution is -2.30. The van der Waals surface area contributed by atoms with Crippen molar-refractivity contribution in [1.29, 1.82) is 0 Å². The van der Waals surface area contributed by atoms with Crippen LogP contribution in [-0.4, -0.2) is 11.2 Å². The van der Waals surface area contributed by atoms with Crippen molar-refractivity contribution < 1.29 is 0 Å². The smallest absolute Gasteiger partial charge is 0.170 e. The van der Waals surface area contributed by atoms with Crippen molar-refractivity contribution in [1.82, 2.24) is 5.32 Å². The molecule has 0 saturated heterocycles. The number of benzene rings is 2. The maximum atomic E-state index is 5.25. The fourth-order valence-corrected chi connectivity index (χ4v) is 2.19. The largest absolute Gasteiger partial charge is 0.360 e.